The molecule has 0 heterocycles. The third-order valence-corrected chi connectivity index (χ3v) is 1.65. The van der Waals surface area contributed by atoms with Crippen LogP contribution in [0.5, 0.6) is 0 Å². The summed E-state index contributed by atoms with van der Waals surface area (Å²) in [7, 11) is 2.00. The highest BCUT2D eigenvalue weighted by atomic mass is 16.3. The molecule has 0 rings (SSSR count). The molecule has 0 aliphatic heterocycles. The van der Waals surface area contributed by atoms with E-state index in [2.05, 4.69) is 18.4 Å². The molecular weight excluding hydrogens is 150 g/mol. The van der Waals surface area contributed by atoms with Gasteiger partial charge in [-0.25, -0.2) is 0 Å². The van der Waals surface area contributed by atoms with Crippen LogP contribution >= 0.6 is 0 Å². The molecule has 0 atom stereocenters. The molecule has 1 N–H and O–H groups in total. The third-order valence-electron chi connectivity index (χ3n) is 1.65. The van der Waals surface area contributed by atoms with E-state index in [4.69, 9.17) is 0 Å². The summed E-state index contributed by atoms with van der Waals surface area (Å²) in [4.78, 5) is 2.09. The molecule has 2 nitrogen and oxygen atoms in total. The maximum absolute atomic E-state index is 9.50. The lowest BCUT2D eigenvalue weighted by molar-refractivity contribution is 0.0471. The summed E-state index contributed by atoms with van der Waals surface area (Å²) in [5.41, 5.74) is 0.602. The van der Waals surface area contributed by atoms with Crippen molar-refractivity contribution in [2.45, 2.75) is 32.8 Å². The summed E-state index contributed by atoms with van der Waals surface area (Å²) in [5, 5.41) is 9.50. The first-order valence-corrected chi connectivity index (χ1v) is 4.42. The second-order valence-electron chi connectivity index (χ2n) is 4.09. The van der Waals surface area contributed by atoms with Crippen LogP contribution in [0, 0.1) is 0 Å². The molecule has 0 fully saturated rings. The third kappa shape index (κ3) is 6.38. The van der Waals surface area contributed by atoms with E-state index in [1.54, 1.807) is 0 Å². The van der Waals surface area contributed by atoms with E-state index in [0.717, 1.165) is 13.0 Å². The second kappa shape index (κ2) is 4.63. The Morgan fingerprint density at radius 2 is 2.00 bits per heavy atom. The van der Waals surface area contributed by atoms with Gasteiger partial charge in [-0.3, -0.25) is 4.90 Å². The van der Waals surface area contributed by atoms with Gasteiger partial charge in [0.1, 0.15) is 0 Å². The molecular formula is C10H21NO. The average Bonchev–Trinajstić information content (AvgIpc) is 1.82. The quantitative estimate of drug-likeness (QED) is 0.636. The molecule has 0 bridgehead atoms. The van der Waals surface area contributed by atoms with Crippen molar-refractivity contribution in [3.63, 3.8) is 0 Å². The van der Waals surface area contributed by atoms with Crippen LogP contribution in [0.3, 0.4) is 0 Å². The van der Waals surface area contributed by atoms with Gasteiger partial charge in [-0.2, -0.15) is 0 Å². The molecule has 0 unspecified atom stereocenters. The molecule has 0 aliphatic rings. The normalized spacial score (nSPS) is 12.2. The number of aliphatic hydroxyl groups is 1. The molecule has 12 heavy (non-hydrogen) atoms. The molecule has 0 saturated carbocycles. The first-order chi connectivity index (χ1) is 5.35. The summed E-state index contributed by atoms with van der Waals surface area (Å²) in [5.74, 6) is 0. The van der Waals surface area contributed by atoms with Gasteiger partial charge in [-0.05, 0) is 27.3 Å². The van der Waals surface area contributed by atoms with E-state index >= 15 is 0 Å². The van der Waals surface area contributed by atoms with Crippen LogP contribution in [0.25, 0.3) is 0 Å². The van der Waals surface area contributed by atoms with Crippen molar-refractivity contribution in [3.8, 4) is 0 Å². The number of hydrogen-bond donors (Lipinski definition) is 1. The summed E-state index contributed by atoms with van der Waals surface area (Å²) < 4.78 is 0. The van der Waals surface area contributed by atoms with Gasteiger partial charge in [0.25, 0.3) is 0 Å². The fourth-order valence-electron chi connectivity index (χ4n) is 1.21. The smallest absolute Gasteiger partial charge is 0.0718 e. The van der Waals surface area contributed by atoms with E-state index in [9.17, 15) is 5.11 Å². The van der Waals surface area contributed by atoms with Crippen molar-refractivity contribution >= 4 is 0 Å². The van der Waals surface area contributed by atoms with Crippen LogP contribution in [0.1, 0.15) is 27.2 Å². The van der Waals surface area contributed by atoms with Gasteiger partial charge in [-0.1, -0.05) is 19.1 Å². The van der Waals surface area contributed by atoms with Gasteiger partial charge in [0, 0.05) is 13.1 Å². The molecule has 2 heteroatoms. The predicted octanol–water partition coefficient (Wildman–Crippen LogP) is 1.66. The minimum atomic E-state index is -0.608. The summed E-state index contributed by atoms with van der Waals surface area (Å²) in [6, 6.07) is 0. The molecule has 0 aliphatic carbocycles. The van der Waals surface area contributed by atoms with E-state index < -0.39 is 5.60 Å². The predicted molar refractivity (Wildman–Crippen MR) is 53.2 cm³/mol. The van der Waals surface area contributed by atoms with Crippen LogP contribution < -0.4 is 0 Å². The van der Waals surface area contributed by atoms with Crippen LogP contribution in [0.15, 0.2) is 12.2 Å². The lowest BCUT2D eigenvalue weighted by Crippen LogP contribution is -2.37. The van der Waals surface area contributed by atoms with Crippen molar-refractivity contribution < 1.29 is 5.11 Å². The lowest BCUT2D eigenvalue weighted by atomic mass is 10.1. The van der Waals surface area contributed by atoms with Crippen molar-refractivity contribution in [2.75, 3.05) is 20.1 Å². The molecule has 0 aromatic carbocycles. The highest BCUT2D eigenvalue weighted by Gasteiger charge is 2.15. The highest BCUT2D eigenvalue weighted by Crippen LogP contribution is 2.05. The second-order valence-corrected chi connectivity index (χ2v) is 4.09. The zero-order valence-electron chi connectivity index (χ0n) is 8.72. The number of likely N-dealkylation sites (N-methyl/N-ethyl adjacent to an activating group) is 1. The van der Waals surface area contributed by atoms with Crippen molar-refractivity contribution in [1.82, 2.24) is 4.90 Å². The largest absolute Gasteiger partial charge is 0.389 e. The van der Waals surface area contributed by atoms with E-state index in [1.165, 1.54) is 5.57 Å². The first kappa shape index (κ1) is 11.7. The zero-order valence-corrected chi connectivity index (χ0v) is 8.72. The topological polar surface area (TPSA) is 23.5 Å². The molecule has 0 aromatic rings. The Morgan fingerprint density at radius 3 is 2.33 bits per heavy atom. The molecule has 0 amide bonds. The first-order valence-electron chi connectivity index (χ1n) is 4.42. The maximum Gasteiger partial charge on any atom is 0.0718 e. The standard InChI is InChI=1S/C10H21NO/c1-6-9(2)7-11(5)8-10(3,4)12/h12H,2,6-8H2,1,3-5H3. The van der Waals surface area contributed by atoms with Crippen LogP contribution in [-0.2, 0) is 0 Å². The fraction of sp³-hybridized carbons (Fsp3) is 0.800. The zero-order chi connectivity index (χ0) is 9.78. The number of hydrogen-bond acceptors (Lipinski definition) is 2. The summed E-state index contributed by atoms with van der Waals surface area (Å²) in [6.07, 6.45) is 1.01. The van der Waals surface area contributed by atoms with Gasteiger partial charge in [-0.15, -0.1) is 0 Å². The molecule has 0 spiro atoms. The Hall–Kier alpha value is -0.340. The maximum atomic E-state index is 9.50. The van der Waals surface area contributed by atoms with Crippen molar-refractivity contribution in [3.05, 3.63) is 12.2 Å². The minimum absolute atomic E-state index is 0.608. The molecule has 0 saturated heterocycles. The molecule has 72 valence electrons. The van der Waals surface area contributed by atoms with E-state index in [0.29, 0.717) is 6.54 Å². The Morgan fingerprint density at radius 1 is 1.50 bits per heavy atom. The van der Waals surface area contributed by atoms with Gasteiger partial charge >= 0.3 is 0 Å². The van der Waals surface area contributed by atoms with Crippen molar-refractivity contribution in [1.29, 1.82) is 0 Å². The molecule has 0 aromatic heterocycles. The van der Waals surface area contributed by atoms with Gasteiger partial charge in [0.15, 0.2) is 0 Å². The van der Waals surface area contributed by atoms with Crippen LogP contribution in [0.2, 0.25) is 0 Å². The fourth-order valence-corrected chi connectivity index (χ4v) is 1.21. The Balaban J connectivity index is 3.74. The average molecular weight is 171 g/mol. The number of nitrogens with zero attached hydrogens (tertiary/aromatic N) is 1. The summed E-state index contributed by atoms with van der Waals surface area (Å²) in [6.45, 7) is 11.2. The van der Waals surface area contributed by atoms with Crippen molar-refractivity contribution in [2.24, 2.45) is 0 Å². The molecule has 0 radical (unpaired) electrons. The highest BCUT2D eigenvalue weighted by molar-refractivity contribution is 4.95. The van der Waals surface area contributed by atoms with Crippen LogP contribution in [0.4, 0.5) is 0 Å². The van der Waals surface area contributed by atoms with Crippen LogP contribution in [-0.4, -0.2) is 35.7 Å². The van der Waals surface area contributed by atoms with Gasteiger partial charge < -0.3 is 5.11 Å². The van der Waals surface area contributed by atoms with E-state index in [1.807, 2.05) is 20.9 Å². The Kier molecular flexibility index (Phi) is 4.50. The monoisotopic (exact) mass is 171 g/mol. The van der Waals surface area contributed by atoms with Gasteiger partial charge in [0.2, 0.25) is 0 Å². The lowest BCUT2D eigenvalue weighted by Gasteiger charge is -2.25. The minimum Gasteiger partial charge on any atom is -0.389 e. The van der Waals surface area contributed by atoms with Gasteiger partial charge in [0.05, 0.1) is 5.60 Å². The number of rotatable bonds is 5. The SMILES string of the molecule is C=C(CC)CN(C)CC(C)(C)O. The Labute approximate surface area is 75.9 Å². The Bertz CT molecular complexity index is 146. The van der Waals surface area contributed by atoms with E-state index in [-0.39, 0.29) is 0 Å². The summed E-state index contributed by atoms with van der Waals surface area (Å²) >= 11 is 0.